The van der Waals surface area contributed by atoms with Gasteiger partial charge in [-0.3, -0.25) is 0 Å². The number of ether oxygens (including phenoxy) is 2. The van der Waals surface area contributed by atoms with Crippen molar-refractivity contribution >= 4 is 18.9 Å². The van der Waals surface area contributed by atoms with Gasteiger partial charge in [0.2, 0.25) is 12.0 Å². The standard InChI is InChI=1S/C19H16F5NO4S/c1-2-27-18(26)14-8-12(10-4-3-9(20)7-13(10)21)11-5-6-15(28-17(11)25-14)16(29-30)19(22,23)24/h3-4,7-8,15-16,30H,2,5-6H2,1H3. The Bertz CT molecular complexity index is 953. The predicted octanol–water partition coefficient (Wildman–Crippen LogP) is 4.69. The minimum absolute atomic E-state index is 0.0188. The number of alkyl halides is 3. The zero-order valence-electron chi connectivity index (χ0n) is 15.5. The van der Waals surface area contributed by atoms with Gasteiger partial charge in [-0.05, 0) is 56.4 Å². The zero-order chi connectivity index (χ0) is 22.1. The molecule has 1 aromatic carbocycles. The van der Waals surface area contributed by atoms with Crippen molar-refractivity contribution in [2.45, 2.75) is 38.1 Å². The molecule has 30 heavy (non-hydrogen) atoms. The number of benzene rings is 1. The Morgan fingerprint density at radius 1 is 1.30 bits per heavy atom. The van der Waals surface area contributed by atoms with Crippen LogP contribution < -0.4 is 4.74 Å². The topological polar surface area (TPSA) is 57.7 Å². The fourth-order valence-corrected chi connectivity index (χ4v) is 3.44. The average Bonchev–Trinajstić information content (AvgIpc) is 2.66. The van der Waals surface area contributed by atoms with Gasteiger partial charge in [-0.2, -0.15) is 13.2 Å². The Balaban J connectivity index is 2.11. The first-order valence-electron chi connectivity index (χ1n) is 8.85. The summed E-state index contributed by atoms with van der Waals surface area (Å²) in [5.41, 5.74) is 0.0880. The first-order valence-corrected chi connectivity index (χ1v) is 9.22. The van der Waals surface area contributed by atoms with Crippen LogP contribution in [-0.2, 0) is 15.3 Å². The van der Waals surface area contributed by atoms with E-state index >= 15 is 0 Å². The summed E-state index contributed by atoms with van der Waals surface area (Å²) in [5.74, 6) is -2.87. The summed E-state index contributed by atoms with van der Waals surface area (Å²) in [6, 6.07) is 4.09. The molecule has 0 bridgehead atoms. The van der Waals surface area contributed by atoms with Crippen LogP contribution in [0.2, 0.25) is 0 Å². The van der Waals surface area contributed by atoms with Gasteiger partial charge in [0.1, 0.15) is 17.7 Å². The molecule has 0 fully saturated rings. The van der Waals surface area contributed by atoms with Gasteiger partial charge in [-0.25, -0.2) is 18.6 Å². The Morgan fingerprint density at radius 3 is 2.63 bits per heavy atom. The lowest BCUT2D eigenvalue weighted by Crippen LogP contribution is -2.45. The lowest BCUT2D eigenvalue weighted by atomic mass is 9.92. The Kier molecular flexibility index (Phi) is 6.51. The van der Waals surface area contributed by atoms with E-state index in [4.69, 9.17) is 9.47 Å². The maximum atomic E-state index is 14.4. The van der Waals surface area contributed by atoms with E-state index in [1.807, 2.05) is 0 Å². The number of halogens is 5. The monoisotopic (exact) mass is 449 g/mol. The van der Waals surface area contributed by atoms with Crippen molar-refractivity contribution in [3.63, 3.8) is 0 Å². The fourth-order valence-electron chi connectivity index (χ4n) is 3.19. The summed E-state index contributed by atoms with van der Waals surface area (Å²) in [7, 11) is 0. The zero-order valence-corrected chi connectivity index (χ0v) is 16.4. The molecule has 0 saturated carbocycles. The third-order valence-corrected chi connectivity index (χ3v) is 4.74. The van der Waals surface area contributed by atoms with E-state index in [0.717, 1.165) is 12.1 Å². The molecule has 0 N–H and O–H groups in total. The van der Waals surface area contributed by atoms with E-state index in [-0.39, 0.29) is 47.7 Å². The van der Waals surface area contributed by atoms with Crippen molar-refractivity contribution in [2.75, 3.05) is 6.61 Å². The number of thiol groups is 1. The molecule has 162 valence electrons. The quantitative estimate of drug-likeness (QED) is 0.311. The highest BCUT2D eigenvalue weighted by molar-refractivity contribution is 7.75. The number of pyridine rings is 1. The van der Waals surface area contributed by atoms with Crippen LogP contribution in [0.3, 0.4) is 0 Å². The molecule has 1 aliphatic heterocycles. The second kappa shape index (κ2) is 8.76. The highest BCUT2D eigenvalue weighted by atomic mass is 32.1. The number of fused-ring (bicyclic) bond motifs is 1. The highest BCUT2D eigenvalue weighted by Crippen LogP contribution is 2.39. The van der Waals surface area contributed by atoms with Gasteiger partial charge >= 0.3 is 12.1 Å². The molecule has 2 unspecified atom stereocenters. The molecule has 3 rings (SSSR count). The van der Waals surface area contributed by atoms with Crippen LogP contribution in [0.4, 0.5) is 22.0 Å². The molecular weight excluding hydrogens is 433 g/mol. The predicted molar refractivity (Wildman–Crippen MR) is 98.2 cm³/mol. The molecule has 0 aliphatic carbocycles. The Labute approximate surface area is 173 Å². The number of hydrogen-bond acceptors (Lipinski definition) is 6. The summed E-state index contributed by atoms with van der Waals surface area (Å²) in [6.07, 6.45) is -8.69. The van der Waals surface area contributed by atoms with E-state index in [1.54, 1.807) is 6.92 Å². The van der Waals surface area contributed by atoms with Crippen molar-refractivity contribution in [3.05, 3.63) is 47.2 Å². The SMILES string of the molecule is CCOC(=O)c1cc(-c2ccc(F)cc2F)c2c(n1)OC(C(OS)C(F)(F)F)CC2. The first kappa shape index (κ1) is 22.3. The molecule has 2 atom stereocenters. The van der Waals surface area contributed by atoms with Crippen molar-refractivity contribution in [2.24, 2.45) is 0 Å². The van der Waals surface area contributed by atoms with Gasteiger partial charge in [0, 0.05) is 17.2 Å². The Hall–Kier alpha value is -2.40. The van der Waals surface area contributed by atoms with Crippen LogP contribution >= 0.6 is 12.9 Å². The van der Waals surface area contributed by atoms with Crippen LogP contribution in [0.1, 0.15) is 29.4 Å². The van der Waals surface area contributed by atoms with Crippen molar-refractivity contribution in [1.29, 1.82) is 0 Å². The number of esters is 1. The largest absolute Gasteiger partial charge is 0.471 e. The highest BCUT2D eigenvalue weighted by Gasteiger charge is 2.48. The molecule has 0 radical (unpaired) electrons. The third kappa shape index (κ3) is 4.51. The molecule has 2 heterocycles. The lowest BCUT2D eigenvalue weighted by molar-refractivity contribution is -0.214. The van der Waals surface area contributed by atoms with Gasteiger partial charge in [0.05, 0.1) is 6.61 Å². The second-order valence-electron chi connectivity index (χ2n) is 6.45. The number of aromatic nitrogens is 1. The van der Waals surface area contributed by atoms with Crippen molar-refractivity contribution < 1.29 is 40.4 Å². The molecule has 2 aromatic rings. The van der Waals surface area contributed by atoms with Gasteiger partial charge in [0.25, 0.3) is 0 Å². The van der Waals surface area contributed by atoms with E-state index in [9.17, 15) is 26.7 Å². The van der Waals surface area contributed by atoms with Crippen LogP contribution in [0.25, 0.3) is 11.1 Å². The number of nitrogens with zero attached hydrogens (tertiary/aromatic N) is 1. The summed E-state index contributed by atoms with van der Waals surface area (Å²) < 4.78 is 81.8. The molecule has 0 saturated heterocycles. The van der Waals surface area contributed by atoms with Crippen LogP contribution in [0.5, 0.6) is 5.88 Å². The molecule has 11 heteroatoms. The van der Waals surface area contributed by atoms with Crippen LogP contribution in [-0.4, -0.2) is 35.9 Å². The number of hydrogen-bond donors (Lipinski definition) is 1. The van der Waals surface area contributed by atoms with Gasteiger partial charge < -0.3 is 13.7 Å². The molecule has 1 aromatic heterocycles. The summed E-state index contributed by atoms with van der Waals surface area (Å²) in [4.78, 5) is 16.1. The molecule has 5 nitrogen and oxygen atoms in total. The normalized spacial score (nSPS) is 17.1. The van der Waals surface area contributed by atoms with E-state index in [0.29, 0.717) is 6.07 Å². The van der Waals surface area contributed by atoms with Gasteiger partial charge in [0.15, 0.2) is 5.69 Å². The average molecular weight is 449 g/mol. The summed E-state index contributed by atoms with van der Waals surface area (Å²) >= 11 is 3.29. The maximum absolute atomic E-state index is 14.4. The fraction of sp³-hybridized carbons (Fsp3) is 0.368. The maximum Gasteiger partial charge on any atom is 0.419 e. The minimum Gasteiger partial charge on any atom is -0.471 e. The lowest BCUT2D eigenvalue weighted by Gasteiger charge is -2.32. The third-order valence-electron chi connectivity index (χ3n) is 4.51. The summed E-state index contributed by atoms with van der Waals surface area (Å²) in [5, 5.41) is 0. The first-order chi connectivity index (χ1) is 14.2. The second-order valence-corrected chi connectivity index (χ2v) is 6.66. The van der Waals surface area contributed by atoms with Crippen LogP contribution in [0.15, 0.2) is 24.3 Å². The van der Waals surface area contributed by atoms with E-state index < -0.39 is 36.0 Å². The molecule has 1 aliphatic rings. The van der Waals surface area contributed by atoms with Gasteiger partial charge in [-0.15, -0.1) is 0 Å². The minimum atomic E-state index is -4.76. The van der Waals surface area contributed by atoms with Crippen molar-refractivity contribution in [1.82, 2.24) is 4.98 Å². The van der Waals surface area contributed by atoms with Crippen LogP contribution in [0, 0.1) is 11.6 Å². The van der Waals surface area contributed by atoms with E-state index in [1.165, 1.54) is 6.07 Å². The van der Waals surface area contributed by atoms with E-state index in [2.05, 4.69) is 22.1 Å². The number of carbonyl (C=O) groups is 1. The summed E-state index contributed by atoms with van der Waals surface area (Å²) in [6.45, 7) is 1.58. The Morgan fingerprint density at radius 2 is 2.03 bits per heavy atom. The smallest absolute Gasteiger partial charge is 0.419 e. The molecule has 0 amide bonds. The molecular formula is C19H16F5NO4S. The molecule has 0 spiro atoms. The number of carbonyl (C=O) groups excluding carboxylic acids is 1. The van der Waals surface area contributed by atoms with Gasteiger partial charge in [-0.1, -0.05) is 0 Å². The van der Waals surface area contributed by atoms with Crippen molar-refractivity contribution in [3.8, 4) is 17.0 Å². The number of rotatable bonds is 5.